The van der Waals surface area contributed by atoms with Crippen molar-refractivity contribution in [3.8, 4) is 0 Å². The lowest BCUT2D eigenvalue weighted by molar-refractivity contribution is -0.134. The van der Waals surface area contributed by atoms with Gasteiger partial charge in [-0.05, 0) is 38.5 Å². The van der Waals surface area contributed by atoms with E-state index in [1.807, 2.05) is 0 Å². The second kappa shape index (κ2) is 25.2. The predicted octanol–water partition coefficient (Wildman–Crippen LogP) is 8.97. The van der Waals surface area contributed by atoms with E-state index in [0.717, 1.165) is 38.5 Å². The van der Waals surface area contributed by atoms with Gasteiger partial charge in [-0.1, -0.05) is 122 Å². The molecule has 6 heteroatoms. The lowest BCUT2D eigenvalue weighted by Crippen LogP contribution is -2.16. The van der Waals surface area contributed by atoms with Gasteiger partial charge in [0.25, 0.3) is 0 Å². The summed E-state index contributed by atoms with van der Waals surface area (Å²) in [7, 11) is -4.21. The SMILES string of the molecule is CCCCCCCC/C=C\CCCCCCCC(=O)OS(=O)(=O)OCCCCCCCCCC. The van der Waals surface area contributed by atoms with Crippen molar-refractivity contribution in [2.45, 2.75) is 155 Å². The molecule has 0 aromatic rings. The van der Waals surface area contributed by atoms with E-state index in [2.05, 4.69) is 30.2 Å². The summed E-state index contributed by atoms with van der Waals surface area (Å²) < 4.78 is 32.8. The Kier molecular flexibility index (Phi) is 24.6. The fraction of sp³-hybridized carbons (Fsp3) is 0.893. The summed E-state index contributed by atoms with van der Waals surface area (Å²) in [6.07, 6.45) is 28.9. The van der Waals surface area contributed by atoms with Crippen molar-refractivity contribution in [3.05, 3.63) is 12.2 Å². The highest BCUT2D eigenvalue weighted by Crippen LogP contribution is 2.12. The quantitative estimate of drug-likeness (QED) is 0.0871. The third-order valence-electron chi connectivity index (χ3n) is 6.06. The van der Waals surface area contributed by atoms with Crippen LogP contribution < -0.4 is 0 Å². The minimum absolute atomic E-state index is 0.0813. The highest BCUT2D eigenvalue weighted by atomic mass is 32.3. The number of allylic oxidation sites excluding steroid dienone is 2. The molecule has 0 spiro atoms. The third kappa shape index (κ3) is 25.7. The number of unbranched alkanes of at least 4 members (excludes halogenated alkanes) is 18. The van der Waals surface area contributed by atoms with Gasteiger partial charge in [-0.25, -0.2) is 4.18 Å². The molecule has 0 radical (unpaired) electrons. The predicted molar refractivity (Wildman–Crippen MR) is 143 cm³/mol. The van der Waals surface area contributed by atoms with E-state index >= 15 is 0 Å². The van der Waals surface area contributed by atoms with Crippen LogP contribution in [-0.4, -0.2) is 21.0 Å². The maximum atomic E-state index is 11.8. The zero-order chi connectivity index (χ0) is 25.2. The van der Waals surface area contributed by atoms with Gasteiger partial charge in [0.05, 0.1) is 6.61 Å². The zero-order valence-corrected chi connectivity index (χ0v) is 23.2. The number of rotatable bonds is 26. The van der Waals surface area contributed by atoms with Gasteiger partial charge in [0.1, 0.15) is 0 Å². The minimum Gasteiger partial charge on any atom is -0.325 e. The monoisotopic (exact) mass is 502 g/mol. The average molecular weight is 503 g/mol. The van der Waals surface area contributed by atoms with Crippen LogP contribution in [0, 0.1) is 0 Å². The molecule has 0 bridgehead atoms. The van der Waals surface area contributed by atoms with Crippen molar-refractivity contribution < 1.29 is 21.6 Å². The molecule has 0 atom stereocenters. The van der Waals surface area contributed by atoms with Gasteiger partial charge >= 0.3 is 16.4 Å². The lowest BCUT2D eigenvalue weighted by atomic mass is 10.1. The topological polar surface area (TPSA) is 69.7 Å². The van der Waals surface area contributed by atoms with E-state index in [1.54, 1.807) is 0 Å². The zero-order valence-electron chi connectivity index (χ0n) is 22.4. The first kappa shape index (κ1) is 33.1. The Morgan fingerprint density at radius 1 is 0.588 bits per heavy atom. The van der Waals surface area contributed by atoms with Gasteiger partial charge < -0.3 is 4.18 Å². The Balaban J connectivity index is 3.50. The largest absolute Gasteiger partial charge is 0.451 e. The number of carbonyl (C=O) groups excluding carboxylic acids is 1. The van der Waals surface area contributed by atoms with Crippen molar-refractivity contribution in [1.82, 2.24) is 0 Å². The lowest BCUT2D eigenvalue weighted by Gasteiger charge is -2.06. The van der Waals surface area contributed by atoms with E-state index in [4.69, 9.17) is 4.18 Å². The fourth-order valence-corrected chi connectivity index (χ4v) is 4.60. The van der Waals surface area contributed by atoms with E-state index in [1.165, 1.54) is 83.5 Å². The van der Waals surface area contributed by atoms with Crippen LogP contribution in [0.15, 0.2) is 12.2 Å². The standard InChI is InChI=1S/C28H54O5S/c1-3-5-7-9-11-13-14-15-16-17-18-19-20-22-24-26-28(29)33-34(30,31)32-27-25-23-21-12-10-8-6-4-2/h15-16H,3-14,17-27H2,1-2H3/b16-15-. The van der Waals surface area contributed by atoms with Crippen LogP contribution in [0.4, 0.5) is 0 Å². The molecule has 0 saturated heterocycles. The van der Waals surface area contributed by atoms with Gasteiger partial charge in [-0.15, -0.1) is 0 Å². The molecular formula is C28H54O5S. The van der Waals surface area contributed by atoms with Crippen LogP contribution in [0.2, 0.25) is 0 Å². The molecule has 0 amide bonds. The molecular weight excluding hydrogens is 448 g/mol. The second-order valence-corrected chi connectivity index (χ2v) is 10.7. The van der Waals surface area contributed by atoms with Crippen LogP contribution in [0.5, 0.6) is 0 Å². The van der Waals surface area contributed by atoms with E-state index in [9.17, 15) is 13.2 Å². The highest BCUT2D eigenvalue weighted by Gasteiger charge is 2.17. The first-order valence-corrected chi connectivity index (χ1v) is 15.6. The normalized spacial score (nSPS) is 11.9. The summed E-state index contributed by atoms with van der Waals surface area (Å²) in [6, 6.07) is 0. The van der Waals surface area contributed by atoms with Crippen LogP contribution in [-0.2, 0) is 23.6 Å². The molecule has 0 saturated carbocycles. The average Bonchev–Trinajstić information content (AvgIpc) is 2.80. The Bertz CT molecular complexity index is 571. The minimum atomic E-state index is -4.21. The molecule has 5 nitrogen and oxygen atoms in total. The van der Waals surface area contributed by atoms with Crippen molar-refractivity contribution in [2.24, 2.45) is 0 Å². The molecule has 0 heterocycles. The number of carbonyl (C=O) groups is 1. The molecule has 0 aliphatic carbocycles. The summed E-state index contributed by atoms with van der Waals surface area (Å²) in [5.74, 6) is -0.714. The van der Waals surface area contributed by atoms with Crippen molar-refractivity contribution in [2.75, 3.05) is 6.61 Å². The molecule has 0 rings (SSSR count). The van der Waals surface area contributed by atoms with Crippen molar-refractivity contribution in [3.63, 3.8) is 0 Å². The van der Waals surface area contributed by atoms with Crippen LogP contribution in [0.25, 0.3) is 0 Å². The molecule has 0 aliphatic heterocycles. The Morgan fingerprint density at radius 3 is 1.50 bits per heavy atom. The van der Waals surface area contributed by atoms with E-state index in [0.29, 0.717) is 12.8 Å². The highest BCUT2D eigenvalue weighted by molar-refractivity contribution is 7.82. The molecule has 0 unspecified atom stereocenters. The van der Waals surface area contributed by atoms with Crippen LogP contribution >= 0.6 is 0 Å². The number of hydrogen-bond acceptors (Lipinski definition) is 5. The summed E-state index contributed by atoms with van der Waals surface area (Å²) in [6.45, 7) is 4.53. The molecule has 0 aliphatic rings. The molecule has 0 aromatic heterocycles. The van der Waals surface area contributed by atoms with Gasteiger partial charge in [0, 0.05) is 6.42 Å². The first-order valence-electron chi connectivity index (χ1n) is 14.3. The molecule has 0 aromatic carbocycles. The maximum absolute atomic E-state index is 11.8. The van der Waals surface area contributed by atoms with Crippen LogP contribution in [0.3, 0.4) is 0 Å². The fourth-order valence-electron chi connectivity index (χ4n) is 3.92. The summed E-state index contributed by atoms with van der Waals surface area (Å²) in [4.78, 5) is 11.8. The third-order valence-corrected chi connectivity index (χ3v) is 6.91. The molecule has 0 fully saturated rings. The van der Waals surface area contributed by atoms with E-state index < -0.39 is 16.4 Å². The van der Waals surface area contributed by atoms with E-state index in [-0.39, 0.29) is 13.0 Å². The first-order chi connectivity index (χ1) is 16.5. The van der Waals surface area contributed by atoms with Gasteiger partial charge in [-0.3, -0.25) is 4.79 Å². The number of hydrogen-bond donors (Lipinski definition) is 0. The Hall–Kier alpha value is -0.880. The summed E-state index contributed by atoms with van der Waals surface area (Å²) in [5, 5.41) is 0. The summed E-state index contributed by atoms with van der Waals surface area (Å²) in [5.41, 5.74) is 0. The maximum Gasteiger partial charge on any atom is 0.451 e. The summed E-state index contributed by atoms with van der Waals surface area (Å²) >= 11 is 0. The van der Waals surface area contributed by atoms with Gasteiger partial charge in [-0.2, -0.15) is 8.42 Å². The molecule has 34 heavy (non-hydrogen) atoms. The van der Waals surface area contributed by atoms with Gasteiger partial charge in [0.15, 0.2) is 0 Å². The molecule has 202 valence electrons. The van der Waals surface area contributed by atoms with Gasteiger partial charge in [0.2, 0.25) is 0 Å². The Labute approximate surface area is 211 Å². The van der Waals surface area contributed by atoms with Crippen molar-refractivity contribution in [1.29, 1.82) is 0 Å². The molecule has 0 N–H and O–H groups in total. The Morgan fingerprint density at radius 2 is 1.00 bits per heavy atom. The second-order valence-electron chi connectivity index (χ2n) is 9.49. The van der Waals surface area contributed by atoms with Crippen molar-refractivity contribution >= 4 is 16.4 Å². The van der Waals surface area contributed by atoms with Crippen LogP contribution in [0.1, 0.15) is 155 Å². The smallest absolute Gasteiger partial charge is 0.325 e.